The first-order valence-electron chi connectivity index (χ1n) is 6.56. The molecule has 1 aliphatic rings. The molecule has 0 unspecified atom stereocenters. The monoisotopic (exact) mass is 303 g/mol. The molecule has 108 valence electrons. The van der Waals surface area contributed by atoms with Crippen LogP contribution in [-0.2, 0) is 23.1 Å². The Balaban J connectivity index is 2.29. The molecule has 2 N–H and O–H groups in total. The van der Waals surface area contributed by atoms with Gasteiger partial charge in [-0.15, -0.1) is 0 Å². The van der Waals surface area contributed by atoms with E-state index in [9.17, 15) is 8.42 Å². The molecular weight excluding hydrogens is 282 g/mol. The molecule has 0 atom stereocenters. The van der Waals surface area contributed by atoms with E-state index in [1.165, 1.54) is 0 Å². The molecule has 2 rings (SSSR count). The van der Waals surface area contributed by atoms with Crippen LogP contribution >= 0.6 is 11.8 Å². The van der Waals surface area contributed by atoms with Gasteiger partial charge in [0.2, 0.25) is 10.0 Å². The first-order chi connectivity index (χ1) is 9.09. The molecule has 0 saturated carbocycles. The van der Waals surface area contributed by atoms with E-state index < -0.39 is 10.0 Å². The molecule has 1 aromatic heterocycles. The highest BCUT2D eigenvalue weighted by Gasteiger charge is 2.27. The van der Waals surface area contributed by atoms with Crippen LogP contribution in [0, 0.1) is 0 Å². The average molecular weight is 303 g/mol. The molecule has 0 spiro atoms. The van der Waals surface area contributed by atoms with Gasteiger partial charge in [-0.2, -0.15) is 16.1 Å². The van der Waals surface area contributed by atoms with E-state index in [-0.39, 0.29) is 0 Å². The Bertz CT molecular complexity index is 519. The van der Waals surface area contributed by atoms with Gasteiger partial charge in [0.15, 0.2) is 0 Å². The second-order valence-electron chi connectivity index (χ2n) is 4.58. The lowest BCUT2D eigenvalue weighted by molar-refractivity contribution is 0.443. The Morgan fingerprint density at radius 3 is 2.63 bits per heavy atom. The summed E-state index contributed by atoms with van der Waals surface area (Å²) in [6.45, 7) is 4.44. The summed E-state index contributed by atoms with van der Waals surface area (Å²) >= 11 is 1.80. The smallest absolute Gasteiger partial charge is 0.244 e. The van der Waals surface area contributed by atoms with Gasteiger partial charge in [-0.1, -0.05) is 6.92 Å². The van der Waals surface area contributed by atoms with E-state index in [2.05, 4.69) is 6.92 Å². The van der Waals surface area contributed by atoms with Crippen LogP contribution in [0.3, 0.4) is 0 Å². The summed E-state index contributed by atoms with van der Waals surface area (Å²) in [6.07, 6.45) is 2.68. The molecule has 7 heteroatoms. The molecule has 19 heavy (non-hydrogen) atoms. The van der Waals surface area contributed by atoms with Crippen molar-refractivity contribution >= 4 is 21.8 Å². The zero-order chi connectivity index (χ0) is 13.9. The third-order valence-corrected chi connectivity index (χ3v) is 6.05. The molecule has 1 fully saturated rings. The largest absolute Gasteiger partial charge is 0.349 e. The zero-order valence-electron chi connectivity index (χ0n) is 11.2. The number of aryl methyl sites for hydroxylation is 1. The van der Waals surface area contributed by atoms with Gasteiger partial charge in [0.1, 0.15) is 4.90 Å². The summed E-state index contributed by atoms with van der Waals surface area (Å²) in [5, 5.41) is 0. The third kappa shape index (κ3) is 3.16. The van der Waals surface area contributed by atoms with Crippen molar-refractivity contribution in [2.45, 2.75) is 31.3 Å². The van der Waals surface area contributed by atoms with E-state index in [0.717, 1.165) is 30.2 Å². The molecular formula is C12H21N3O2S2. The maximum atomic E-state index is 12.5. The highest BCUT2D eigenvalue weighted by molar-refractivity contribution is 7.99. The number of hydrogen-bond acceptors (Lipinski definition) is 4. The van der Waals surface area contributed by atoms with Crippen molar-refractivity contribution in [3.63, 3.8) is 0 Å². The van der Waals surface area contributed by atoms with E-state index in [1.807, 2.05) is 4.57 Å². The highest BCUT2D eigenvalue weighted by atomic mass is 32.2. The van der Waals surface area contributed by atoms with Crippen LogP contribution in [-0.4, -0.2) is 41.9 Å². The molecule has 5 nitrogen and oxygen atoms in total. The number of nitrogens with zero attached hydrogens (tertiary/aromatic N) is 2. The highest BCUT2D eigenvalue weighted by Crippen LogP contribution is 2.22. The summed E-state index contributed by atoms with van der Waals surface area (Å²) in [7, 11) is -3.35. The van der Waals surface area contributed by atoms with Gasteiger partial charge in [0.05, 0.1) is 0 Å². The fourth-order valence-electron chi connectivity index (χ4n) is 2.22. The van der Waals surface area contributed by atoms with Gasteiger partial charge < -0.3 is 10.3 Å². The van der Waals surface area contributed by atoms with Crippen LogP contribution in [0.4, 0.5) is 0 Å². The second-order valence-corrected chi connectivity index (χ2v) is 7.74. The predicted octanol–water partition coefficient (Wildman–Crippen LogP) is 1.09. The Kier molecular flexibility index (Phi) is 4.94. The first-order valence-corrected chi connectivity index (χ1v) is 9.16. The Hall–Kier alpha value is -0.500. The zero-order valence-corrected chi connectivity index (χ0v) is 12.8. The van der Waals surface area contributed by atoms with E-state index >= 15 is 0 Å². The van der Waals surface area contributed by atoms with Crippen LogP contribution in [0.15, 0.2) is 17.2 Å². The predicted molar refractivity (Wildman–Crippen MR) is 78.7 cm³/mol. The van der Waals surface area contributed by atoms with Crippen molar-refractivity contribution in [2.24, 2.45) is 5.73 Å². The van der Waals surface area contributed by atoms with Crippen LogP contribution in [0.25, 0.3) is 0 Å². The van der Waals surface area contributed by atoms with Gasteiger partial charge in [0, 0.05) is 49.6 Å². The number of nitrogens with two attached hydrogens (primary N) is 1. The second kappa shape index (κ2) is 6.30. The molecule has 0 radical (unpaired) electrons. The molecule has 1 aromatic rings. The third-order valence-electron chi connectivity index (χ3n) is 3.24. The molecule has 2 heterocycles. The Morgan fingerprint density at radius 1 is 1.37 bits per heavy atom. The first kappa shape index (κ1) is 14.9. The standard InChI is InChI=1S/C12H21N3O2S2/c1-2-3-14-10-12(8-11(14)9-13)19(16,17)15-4-6-18-7-5-15/h8,10H,2-7,9,13H2,1H3. The number of sulfonamides is 1. The van der Waals surface area contributed by atoms with E-state index in [0.29, 0.717) is 24.5 Å². The number of thioether (sulfide) groups is 1. The van der Waals surface area contributed by atoms with E-state index in [4.69, 9.17) is 5.73 Å². The number of rotatable bonds is 5. The summed E-state index contributed by atoms with van der Waals surface area (Å²) in [4.78, 5) is 0.383. The van der Waals surface area contributed by atoms with Crippen molar-refractivity contribution in [1.82, 2.24) is 8.87 Å². The van der Waals surface area contributed by atoms with E-state index in [1.54, 1.807) is 28.3 Å². The van der Waals surface area contributed by atoms with Gasteiger partial charge in [-0.3, -0.25) is 0 Å². The summed E-state index contributed by atoms with van der Waals surface area (Å²) in [5.74, 6) is 1.75. The Labute approximate surface area is 119 Å². The molecule has 0 amide bonds. The molecule has 0 bridgehead atoms. The maximum absolute atomic E-state index is 12.5. The average Bonchev–Trinajstić information content (AvgIpc) is 2.84. The van der Waals surface area contributed by atoms with Gasteiger partial charge in [0.25, 0.3) is 0 Å². The van der Waals surface area contributed by atoms with Gasteiger partial charge in [-0.05, 0) is 12.5 Å². The van der Waals surface area contributed by atoms with Crippen molar-refractivity contribution in [1.29, 1.82) is 0 Å². The van der Waals surface area contributed by atoms with Crippen molar-refractivity contribution < 1.29 is 8.42 Å². The lowest BCUT2D eigenvalue weighted by Gasteiger charge is -2.25. The van der Waals surface area contributed by atoms with Crippen molar-refractivity contribution in [2.75, 3.05) is 24.6 Å². The van der Waals surface area contributed by atoms with Crippen LogP contribution in [0.1, 0.15) is 19.0 Å². The lowest BCUT2D eigenvalue weighted by Crippen LogP contribution is -2.37. The summed E-state index contributed by atoms with van der Waals surface area (Å²) < 4.78 is 28.6. The molecule has 0 aromatic carbocycles. The van der Waals surface area contributed by atoms with Crippen molar-refractivity contribution in [3.05, 3.63) is 18.0 Å². The topological polar surface area (TPSA) is 68.3 Å². The number of hydrogen-bond donors (Lipinski definition) is 1. The molecule has 1 saturated heterocycles. The molecule has 0 aliphatic carbocycles. The van der Waals surface area contributed by atoms with Gasteiger partial charge >= 0.3 is 0 Å². The lowest BCUT2D eigenvalue weighted by atomic mass is 10.4. The minimum absolute atomic E-state index is 0.366. The number of aromatic nitrogens is 1. The quantitative estimate of drug-likeness (QED) is 0.884. The summed E-state index contributed by atoms with van der Waals surface area (Å²) in [6, 6.07) is 1.72. The Morgan fingerprint density at radius 2 is 2.05 bits per heavy atom. The normalized spacial score (nSPS) is 17.8. The van der Waals surface area contributed by atoms with Crippen LogP contribution in [0.5, 0.6) is 0 Å². The van der Waals surface area contributed by atoms with Crippen molar-refractivity contribution in [3.8, 4) is 0 Å². The summed E-state index contributed by atoms with van der Waals surface area (Å²) in [5.41, 5.74) is 6.56. The fourth-order valence-corrected chi connectivity index (χ4v) is 4.86. The van der Waals surface area contributed by atoms with Crippen LogP contribution < -0.4 is 5.73 Å². The minimum Gasteiger partial charge on any atom is -0.349 e. The molecule has 1 aliphatic heterocycles. The maximum Gasteiger partial charge on any atom is 0.244 e. The van der Waals surface area contributed by atoms with Gasteiger partial charge in [-0.25, -0.2) is 8.42 Å². The fraction of sp³-hybridized carbons (Fsp3) is 0.667. The minimum atomic E-state index is -3.35. The SMILES string of the molecule is CCCn1cc(S(=O)(=O)N2CCSCC2)cc1CN. The van der Waals surface area contributed by atoms with Crippen LogP contribution in [0.2, 0.25) is 0 Å².